The number of rotatable bonds is 7. The van der Waals surface area contributed by atoms with Gasteiger partial charge in [0.1, 0.15) is 5.75 Å². The van der Waals surface area contributed by atoms with Gasteiger partial charge in [-0.05, 0) is 42.7 Å². The first kappa shape index (κ1) is 19.4. The maximum absolute atomic E-state index is 12.7. The predicted octanol–water partition coefficient (Wildman–Crippen LogP) is 4.93. The van der Waals surface area contributed by atoms with Gasteiger partial charge >= 0.3 is 6.18 Å². The molecule has 5 nitrogen and oxygen atoms in total. The zero-order valence-electron chi connectivity index (χ0n) is 15.8. The molecule has 4 rings (SSSR count). The molecule has 1 saturated carbocycles. The molecule has 1 aromatic heterocycles. The van der Waals surface area contributed by atoms with E-state index in [-0.39, 0.29) is 5.82 Å². The molecule has 0 N–H and O–H groups in total. The van der Waals surface area contributed by atoms with E-state index >= 15 is 0 Å². The summed E-state index contributed by atoms with van der Waals surface area (Å²) in [6.45, 7) is 1.23. The topological polar surface area (TPSA) is 51.4 Å². The summed E-state index contributed by atoms with van der Waals surface area (Å²) in [5, 5.41) is 3.93. The summed E-state index contributed by atoms with van der Waals surface area (Å²) in [5.74, 6) is 1.54. The second-order valence-electron chi connectivity index (χ2n) is 7.07. The van der Waals surface area contributed by atoms with Crippen molar-refractivity contribution in [2.24, 2.45) is 0 Å². The van der Waals surface area contributed by atoms with Gasteiger partial charge in [0.05, 0.1) is 19.2 Å². The van der Waals surface area contributed by atoms with Gasteiger partial charge in [-0.15, -0.1) is 0 Å². The fraction of sp³-hybridized carbons (Fsp3) is 0.333. The highest BCUT2D eigenvalue weighted by molar-refractivity contribution is 5.54. The van der Waals surface area contributed by atoms with Gasteiger partial charge in [0.2, 0.25) is 11.7 Å². The van der Waals surface area contributed by atoms with Crippen LogP contribution in [0.25, 0.3) is 11.4 Å². The second kappa shape index (κ2) is 7.87. The molecule has 0 amide bonds. The molecule has 0 radical (unpaired) electrons. The molecule has 0 aliphatic heterocycles. The van der Waals surface area contributed by atoms with Gasteiger partial charge in [-0.1, -0.05) is 29.4 Å². The Kier molecular flexibility index (Phi) is 5.27. The van der Waals surface area contributed by atoms with Crippen molar-refractivity contribution >= 4 is 0 Å². The summed E-state index contributed by atoms with van der Waals surface area (Å²) in [7, 11) is 1.63. The van der Waals surface area contributed by atoms with E-state index in [1.807, 2.05) is 24.3 Å². The monoisotopic (exact) mass is 403 g/mol. The van der Waals surface area contributed by atoms with E-state index in [1.165, 1.54) is 12.1 Å². The van der Waals surface area contributed by atoms with Crippen LogP contribution < -0.4 is 4.74 Å². The summed E-state index contributed by atoms with van der Waals surface area (Å²) < 4.78 is 48.7. The van der Waals surface area contributed by atoms with Crippen molar-refractivity contribution in [1.29, 1.82) is 0 Å². The highest BCUT2D eigenvalue weighted by atomic mass is 19.4. The van der Waals surface area contributed by atoms with Crippen molar-refractivity contribution in [3.63, 3.8) is 0 Å². The second-order valence-corrected chi connectivity index (χ2v) is 7.07. The molecule has 0 unspecified atom stereocenters. The maximum Gasteiger partial charge on any atom is 0.416 e. The van der Waals surface area contributed by atoms with Crippen LogP contribution in [-0.4, -0.2) is 28.2 Å². The highest BCUT2D eigenvalue weighted by Crippen LogP contribution is 2.32. The molecule has 2 aromatic carbocycles. The lowest BCUT2D eigenvalue weighted by atomic mass is 10.1. The number of ether oxygens (including phenoxy) is 1. The average Bonchev–Trinajstić information content (AvgIpc) is 3.46. The van der Waals surface area contributed by atoms with Crippen LogP contribution >= 0.6 is 0 Å². The van der Waals surface area contributed by atoms with E-state index in [0.717, 1.165) is 42.8 Å². The molecule has 0 spiro atoms. The van der Waals surface area contributed by atoms with Crippen molar-refractivity contribution in [1.82, 2.24) is 15.0 Å². The summed E-state index contributed by atoms with van der Waals surface area (Å²) in [6, 6.07) is 13.1. The number of aromatic nitrogens is 2. The van der Waals surface area contributed by atoms with Gasteiger partial charge < -0.3 is 9.26 Å². The fourth-order valence-electron chi connectivity index (χ4n) is 3.14. The lowest BCUT2D eigenvalue weighted by molar-refractivity contribution is -0.137. The summed E-state index contributed by atoms with van der Waals surface area (Å²) in [5.41, 5.74) is 0.936. The Labute approximate surface area is 166 Å². The van der Waals surface area contributed by atoms with E-state index < -0.39 is 11.7 Å². The number of alkyl halides is 3. The summed E-state index contributed by atoms with van der Waals surface area (Å²) >= 11 is 0. The van der Waals surface area contributed by atoms with Gasteiger partial charge in [0.15, 0.2) is 0 Å². The highest BCUT2D eigenvalue weighted by Gasteiger charge is 2.31. The Morgan fingerprint density at radius 3 is 2.31 bits per heavy atom. The number of hydrogen-bond acceptors (Lipinski definition) is 5. The third kappa shape index (κ3) is 4.76. The smallest absolute Gasteiger partial charge is 0.416 e. The number of methoxy groups -OCH3 is 1. The largest absolute Gasteiger partial charge is 0.497 e. The first-order chi connectivity index (χ1) is 13.9. The van der Waals surface area contributed by atoms with Crippen LogP contribution in [0.1, 0.15) is 29.9 Å². The third-order valence-corrected chi connectivity index (χ3v) is 4.88. The van der Waals surface area contributed by atoms with E-state index in [4.69, 9.17) is 9.26 Å². The van der Waals surface area contributed by atoms with Crippen molar-refractivity contribution in [3.8, 4) is 17.1 Å². The molecule has 0 bridgehead atoms. The molecule has 1 aliphatic rings. The fourth-order valence-corrected chi connectivity index (χ4v) is 3.14. The number of hydrogen-bond donors (Lipinski definition) is 0. The van der Waals surface area contributed by atoms with Gasteiger partial charge in [-0.3, -0.25) is 4.90 Å². The molecular weight excluding hydrogens is 383 g/mol. The first-order valence-electron chi connectivity index (χ1n) is 9.29. The Bertz CT molecular complexity index is 949. The van der Waals surface area contributed by atoms with E-state index in [0.29, 0.717) is 24.0 Å². The van der Waals surface area contributed by atoms with Crippen LogP contribution in [0.2, 0.25) is 0 Å². The molecule has 1 fully saturated rings. The van der Waals surface area contributed by atoms with Crippen LogP contribution in [0.4, 0.5) is 13.2 Å². The van der Waals surface area contributed by atoms with Gasteiger partial charge in [-0.2, -0.15) is 18.2 Å². The molecule has 1 heterocycles. The summed E-state index contributed by atoms with van der Waals surface area (Å²) in [4.78, 5) is 6.64. The standard InChI is InChI=1S/C21H20F3N3O2/c1-28-18-10-2-14(3-11-18)12-27(17-8-9-17)13-19-25-20(26-29-19)15-4-6-16(7-5-15)21(22,23)24/h2-7,10-11,17H,8-9,12-13H2,1H3. The van der Waals surface area contributed by atoms with Gasteiger partial charge in [0, 0.05) is 18.2 Å². The molecule has 152 valence electrons. The van der Waals surface area contributed by atoms with Crippen molar-refractivity contribution in [3.05, 3.63) is 65.5 Å². The molecule has 1 aliphatic carbocycles. The van der Waals surface area contributed by atoms with E-state index in [9.17, 15) is 13.2 Å². The Morgan fingerprint density at radius 2 is 1.72 bits per heavy atom. The third-order valence-electron chi connectivity index (χ3n) is 4.88. The lowest BCUT2D eigenvalue weighted by Gasteiger charge is -2.20. The van der Waals surface area contributed by atoms with Crippen LogP contribution in [0.5, 0.6) is 5.75 Å². The lowest BCUT2D eigenvalue weighted by Crippen LogP contribution is -2.25. The van der Waals surface area contributed by atoms with Crippen LogP contribution in [-0.2, 0) is 19.3 Å². The van der Waals surface area contributed by atoms with Crippen LogP contribution in [0.15, 0.2) is 53.1 Å². The number of halogens is 3. The van der Waals surface area contributed by atoms with Crippen LogP contribution in [0.3, 0.4) is 0 Å². The SMILES string of the molecule is COc1ccc(CN(Cc2nc(-c3ccc(C(F)(F)F)cc3)no2)C2CC2)cc1. The Hall–Kier alpha value is -2.87. The first-order valence-corrected chi connectivity index (χ1v) is 9.29. The molecule has 8 heteroatoms. The molecular formula is C21H20F3N3O2. The average molecular weight is 403 g/mol. The van der Waals surface area contributed by atoms with Crippen LogP contribution in [0, 0.1) is 0 Å². The molecule has 0 saturated heterocycles. The van der Waals surface area contributed by atoms with Crippen molar-refractivity contribution in [2.75, 3.05) is 7.11 Å². The minimum absolute atomic E-state index is 0.286. The zero-order chi connectivity index (χ0) is 20.4. The molecule has 0 atom stereocenters. The van der Waals surface area contributed by atoms with Gasteiger partial charge in [0.25, 0.3) is 0 Å². The maximum atomic E-state index is 12.7. The Morgan fingerprint density at radius 1 is 1.03 bits per heavy atom. The predicted molar refractivity (Wildman–Crippen MR) is 100.0 cm³/mol. The van der Waals surface area contributed by atoms with E-state index in [2.05, 4.69) is 15.0 Å². The molecule has 29 heavy (non-hydrogen) atoms. The zero-order valence-corrected chi connectivity index (χ0v) is 15.8. The summed E-state index contributed by atoms with van der Waals surface area (Å²) in [6.07, 6.45) is -2.13. The minimum atomic E-state index is -4.37. The van der Waals surface area contributed by atoms with Gasteiger partial charge in [-0.25, -0.2) is 0 Å². The Balaban J connectivity index is 1.45. The van der Waals surface area contributed by atoms with Crippen molar-refractivity contribution < 1.29 is 22.4 Å². The molecule has 3 aromatic rings. The minimum Gasteiger partial charge on any atom is -0.497 e. The normalized spacial score (nSPS) is 14.4. The number of benzene rings is 2. The van der Waals surface area contributed by atoms with E-state index in [1.54, 1.807) is 7.11 Å². The number of nitrogens with zero attached hydrogens (tertiary/aromatic N) is 3. The quantitative estimate of drug-likeness (QED) is 0.560. The van der Waals surface area contributed by atoms with Crippen molar-refractivity contribution in [2.45, 2.75) is 38.1 Å².